The minimum absolute atomic E-state index is 0.148. The van der Waals surface area contributed by atoms with Crippen LogP contribution in [0.4, 0.5) is 4.79 Å². The molecule has 4 nitrogen and oxygen atoms in total. The van der Waals surface area contributed by atoms with Gasteiger partial charge in [0.2, 0.25) is 0 Å². The van der Waals surface area contributed by atoms with Gasteiger partial charge in [-0.15, -0.1) is 0 Å². The molecule has 2 fully saturated rings. The number of cyclic esters (lactones) is 1. The summed E-state index contributed by atoms with van der Waals surface area (Å²) in [5.74, 6) is 0.507. The normalized spacial score (nSPS) is 39.8. The average Bonchev–Trinajstić information content (AvgIpc) is 2.49. The van der Waals surface area contributed by atoms with Crippen LogP contribution in [0.15, 0.2) is 0 Å². The molecule has 0 spiro atoms. The number of nitrogens with one attached hydrogen (secondary N) is 2. The van der Waals surface area contributed by atoms with E-state index >= 15 is 0 Å². The topological polar surface area (TPSA) is 50.4 Å². The Morgan fingerprint density at radius 3 is 3.00 bits per heavy atom. The Kier molecular flexibility index (Phi) is 2.15. The molecule has 4 heteroatoms. The first-order chi connectivity index (χ1) is 6.21. The number of rotatable bonds is 1. The number of ether oxygens (including phenoxy) is 1. The highest BCUT2D eigenvalue weighted by molar-refractivity contribution is 5.70. The zero-order chi connectivity index (χ0) is 9.31. The van der Waals surface area contributed by atoms with Gasteiger partial charge in [-0.1, -0.05) is 0 Å². The Bertz CT molecular complexity index is 214. The van der Waals surface area contributed by atoms with Gasteiger partial charge in [0.05, 0.1) is 5.54 Å². The standard InChI is InChI=1S/C9H16N2O2/c1-9(6-13-8(12)11-9)7-3-2-4-10-5-7/h7,10H,2-6H2,1H3,(H,11,12). The van der Waals surface area contributed by atoms with Crippen molar-refractivity contribution in [2.75, 3.05) is 19.7 Å². The van der Waals surface area contributed by atoms with Crippen molar-refractivity contribution in [1.29, 1.82) is 0 Å². The Labute approximate surface area is 78.0 Å². The van der Waals surface area contributed by atoms with Gasteiger partial charge in [0, 0.05) is 6.54 Å². The van der Waals surface area contributed by atoms with E-state index in [1.54, 1.807) is 0 Å². The van der Waals surface area contributed by atoms with Crippen LogP contribution in [0, 0.1) is 5.92 Å². The molecule has 2 unspecified atom stereocenters. The summed E-state index contributed by atoms with van der Waals surface area (Å²) in [6.45, 7) is 4.66. The second-order valence-corrected chi connectivity index (χ2v) is 4.16. The highest BCUT2D eigenvalue weighted by Gasteiger charge is 2.42. The van der Waals surface area contributed by atoms with Gasteiger partial charge in [0.15, 0.2) is 0 Å². The lowest BCUT2D eigenvalue weighted by Gasteiger charge is -2.34. The Morgan fingerprint density at radius 2 is 2.46 bits per heavy atom. The van der Waals surface area contributed by atoms with Crippen molar-refractivity contribution < 1.29 is 9.53 Å². The molecule has 0 bridgehead atoms. The minimum atomic E-state index is -0.270. The van der Waals surface area contributed by atoms with Crippen LogP contribution in [0.1, 0.15) is 19.8 Å². The predicted molar refractivity (Wildman–Crippen MR) is 48.5 cm³/mol. The number of alkyl carbamates (subject to hydrolysis) is 1. The summed E-state index contributed by atoms with van der Waals surface area (Å²) in [5.41, 5.74) is -0.148. The number of piperidine rings is 1. The van der Waals surface area contributed by atoms with Crippen LogP contribution in [0.2, 0.25) is 0 Å². The lowest BCUT2D eigenvalue weighted by Crippen LogP contribution is -2.52. The fraction of sp³-hybridized carbons (Fsp3) is 0.889. The molecule has 0 saturated carbocycles. The predicted octanol–water partition coefficient (Wildman–Crippen LogP) is 0.485. The Balaban J connectivity index is 2.01. The fourth-order valence-electron chi connectivity index (χ4n) is 2.14. The molecule has 2 heterocycles. The zero-order valence-corrected chi connectivity index (χ0v) is 7.93. The maximum absolute atomic E-state index is 10.9. The summed E-state index contributed by atoms with van der Waals surface area (Å²) in [6, 6.07) is 0. The third-order valence-corrected chi connectivity index (χ3v) is 3.09. The first-order valence-electron chi connectivity index (χ1n) is 4.86. The molecule has 2 rings (SSSR count). The first kappa shape index (κ1) is 8.81. The van der Waals surface area contributed by atoms with Gasteiger partial charge in [0.1, 0.15) is 6.61 Å². The quantitative estimate of drug-likeness (QED) is 0.623. The number of hydrogen-bond acceptors (Lipinski definition) is 3. The molecule has 0 aromatic rings. The molecular formula is C9H16N2O2. The van der Waals surface area contributed by atoms with E-state index in [-0.39, 0.29) is 11.6 Å². The summed E-state index contributed by atoms with van der Waals surface area (Å²) < 4.78 is 4.94. The Hall–Kier alpha value is -0.770. The smallest absolute Gasteiger partial charge is 0.407 e. The van der Waals surface area contributed by atoms with Crippen molar-refractivity contribution in [3.8, 4) is 0 Å². The van der Waals surface area contributed by atoms with Gasteiger partial charge in [-0.2, -0.15) is 0 Å². The van der Waals surface area contributed by atoms with Crippen molar-refractivity contribution >= 4 is 6.09 Å². The monoisotopic (exact) mass is 184 g/mol. The molecule has 2 aliphatic rings. The van der Waals surface area contributed by atoms with Gasteiger partial charge >= 0.3 is 6.09 Å². The zero-order valence-electron chi connectivity index (χ0n) is 7.93. The van der Waals surface area contributed by atoms with Gasteiger partial charge in [-0.3, -0.25) is 0 Å². The van der Waals surface area contributed by atoms with Crippen LogP contribution < -0.4 is 10.6 Å². The number of amides is 1. The SMILES string of the molecule is CC1(C2CCCNC2)COC(=O)N1. The number of hydrogen-bond donors (Lipinski definition) is 2. The largest absolute Gasteiger partial charge is 0.447 e. The molecule has 2 N–H and O–H groups in total. The van der Waals surface area contributed by atoms with Crippen LogP contribution >= 0.6 is 0 Å². The maximum Gasteiger partial charge on any atom is 0.407 e. The lowest BCUT2D eigenvalue weighted by molar-refractivity contribution is 0.156. The van der Waals surface area contributed by atoms with E-state index in [9.17, 15) is 4.79 Å². The summed E-state index contributed by atoms with van der Waals surface area (Å²) in [6.07, 6.45) is 2.09. The highest BCUT2D eigenvalue weighted by Crippen LogP contribution is 2.27. The van der Waals surface area contributed by atoms with E-state index in [0.717, 1.165) is 13.1 Å². The van der Waals surface area contributed by atoms with Gasteiger partial charge in [-0.05, 0) is 32.2 Å². The van der Waals surface area contributed by atoms with Crippen molar-refractivity contribution in [3.63, 3.8) is 0 Å². The fourth-order valence-corrected chi connectivity index (χ4v) is 2.14. The van der Waals surface area contributed by atoms with E-state index in [2.05, 4.69) is 17.6 Å². The molecule has 13 heavy (non-hydrogen) atoms. The third-order valence-electron chi connectivity index (χ3n) is 3.09. The molecular weight excluding hydrogens is 168 g/mol. The molecule has 74 valence electrons. The minimum Gasteiger partial charge on any atom is -0.447 e. The third kappa shape index (κ3) is 1.63. The Morgan fingerprint density at radius 1 is 1.62 bits per heavy atom. The summed E-state index contributed by atoms with van der Waals surface area (Å²) in [5, 5.41) is 6.24. The average molecular weight is 184 g/mol. The molecule has 1 amide bonds. The lowest BCUT2D eigenvalue weighted by atomic mass is 9.82. The van der Waals surface area contributed by atoms with Gasteiger partial charge in [0.25, 0.3) is 0 Å². The van der Waals surface area contributed by atoms with E-state index in [1.807, 2.05) is 0 Å². The molecule has 0 aliphatic carbocycles. The van der Waals surface area contributed by atoms with Crippen LogP contribution in [0.3, 0.4) is 0 Å². The molecule has 2 atom stereocenters. The molecule has 0 aromatic heterocycles. The van der Waals surface area contributed by atoms with E-state index in [0.29, 0.717) is 12.5 Å². The molecule has 0 radical (unpaired) electrons. The number of carbonyl (C=O) groups excluding carboxylic acids is 1. The summed E-state index contributed by atoms with van der Waals surface area (Å²) >= 11 is 0. The van der Waals surface area contributed by atoms with Crippen molar-refractivity contribution in [2.24, 2.45) is 5.92 Å². The first-order valence-corrected chi connectivity index (χ1v) is 4.86. The molecule has 2 aliphatic heterocycles. The molecule has 0 aromatic carbocycles. The number of carbonyl (C=O) groups is 1. The van der Waals surface area contributed by atoms with Crippen molar-refractivity contribution in [2.45, 2.75) is 25.3 Å². The van der Waals surface area contributed by atoms with Crippen LogP contribution in [-0.2, 0) is 4.74 Å². The van der Waals surface area contributed by atoms with Crippen molar-refractivity contribution in [3.05, 3.63) is 0 Å². The van der Waals surface area contributed by atoms with Crippen molar-refractivity contribution in [1.82, 2.24) is 10.6 Å². The van der Waals surface area contributed by atoms with E-state index in [4.69, 9.17) is 4.74 Å². The summed E-state index contributed by atoms with van der Waals surface area (Å²) in [7, 11) is 0. The molecule has 2 saturated heterocycles. The van der Waals surface area contributed by atoms with Gasteiger partial charge < -0.3 is 15.4 Å². The van der Waals surface area contributed by atoms with E-state index in [1.165, 1.54) is 12.8 Å². The van der Waals surface area contributed by atoms with E-state index < -0.39 is 0 Å². The second kappa shape index (κ2) is 3.18. The van der Waals surface area contributed by atoms with Crippen LogP contribution in [-0.4, -0.2) is 31.3 Å². The van der Waals surface area contributed by atoms with Crippen LogP contribution in [0.25, 0.3) is 0 Å². The highest BCUT2D eigenvalue weighted by atomic mass is 16.6. The second-order valence-electron chi connectivity index (χ2n) is 4.16. The van der Waals surface area contributed by atoms with Gasteiger partial charge in [-0.25, -0.2) is 4.79 Å². The van der Waals surface area contributed by atoms with Crippen LogP contribution in [0.5, 0.6) is 0 Å². The summed E-state index contributed by atoms with van der Waals surface area (Å²) in [4.78, 5) is 10.9. The maximum atomic E-state index is 10.9.